The average Bonchev–Trinajstić information content (AvgIpc) is 2.60. The maximum atomic E-state index is 12.7. The van der Waals surface area contributed by atoms with Gasteiger partial charge in [0, 0.05) is 30.1 Å². The maximum Gasteiger partial charge on any atom is 0.253 e. The van der Waals surface area contributed by atoms with E-state index in [4.69, 9.17) is 0 Å². The van der Waals surface area contributed by atoms with Gasteiger partial charge in [0.2, 0.25) is 0 Å². The van der Waals surface area contributed by atoms with Crippen LogP contribution in [0, 0.1) is 19.8 Å². The number of aryl methyl sites for hydroxylation is 2. The number of rotatable bonds is 3. The smallest absolute Gasteiger partial charge is 0.253 e. The van der Waals surface area contributed by atoms with Gasteiger partial charge in [0.15, 0.2) is 5.78 Å². The van der Waals surface area contributed by atoms with Crippen molar-refractivity contribution in [2.45, 2.75) is 26.7 Å². The van der Waals surface area contributed by atoms with Crippen LogP contribution >= 0.6 is 0 Å². The zero-order valence-electron chi connectivity index (χ0n) is 14.3. The molecule has 3 nitrogen and oxygen atoms in total. The van der Waals surface area contributed by atoms with E-state index in [0.29, 0.717) is 13.1 Å². The van der Waals surface area contributed by atoms with Gasteiger partial charge in [-0.25, -0.2) is 0 Å². The fourth-order valence-electron chi connectivity index (χ4n) is 3.46. The largest absolute Gasteiger partial charge is 0.339 e. The molecular weight excluding hydrogens is 298 g/mol. The van der Waals surface area contributed by atoms with Gasteiger partial charge in [0.25, 0.3) is 5.91 Å². The minimum Gasteiger partial charge on any atom is -0.339 e. The highest BCUT2D eigenvalue weighted by Crippen LogP contribution is 2.23. The van der Waals surface area contributed by atoms with Crippen molar-refractivity contribution in [1.82, 2.24) is 4.90 Å². The first-order valence-electron chi connectivity index (χ1n) is 8.51. The Morgan fingerprint density at radius 3 is 2.04 bits per heavy atom. The van der Waals surface area contributed by atoms with Crippen LogP contribution in [0.3, 0.4) is 0 Å². The van der Waals surface area contributed by atoms with Gasteiger partial charge >= 0.3 is 0 Å². The molecule has 2 aromatic carbocycles. The number of ketones is 1. The molecule has 0 aromatic heterocycles. The van der Waals surface area contributed by atoms with Crippen molar-refractivity contribution < 1.29 is 9.59 Å². The zero-order valence-corrected chi connectivity index (χ0v) is 14.3. The highest BCUT2D eigenvalue weighted by atomic mass is 16.2. The Balaban J connectivity index is 1.64. The summed E-state index contributed by atoms with van der Waals surface area (Å²) in [6.45, 7) is 5.31. The van der Waals surface area contributed by atoms with Crippen molar-refractivity contribution in [3.05, 3.63) is 70.8 Å². The second-order valence-electron chi connectivity index (χ2n) is 6.67. The summed E-state index contributed by atoms with van der Waals surface area (Å²) in [6.07, 6.45) is 1.48. The third-order valence-electron chi connectivity index (χ3n) is 4.68. The van der Waals surface area contributed by atoms with Gasteiger partial charge in [-0.1, -0.05) is 47.5 Å². The summed E-state index contributed by atoms with van der Waals surface area (Å²) in [4.78, 5) is 27.1. The number of amides is 1. The van der Waals surface area contributed by atoms with E-state index in [1.165, 1.54) is 0 Å². The predicted molar refractivity (Wildman–Crippen MR) is 95.3 cm³/mol. The van der Waals surface area contributed by atoms with Crippen LogP contribution in [0.2, 0.25) is 0 Å². The van der Waals surface area contributed by atoms with Gasteiger partial charge < -0.3 is 4.90 Å². The molecule has 3 heteroatoms. The normalized spacial score (nSPS) is 15.3. The van der Waals surface area contributed by atoms with Gasteiger partial charge in [0.1, 0.15) is 0 Å². The predicted octanol–water partition coefficient (Wildman–Crippen LogP) is 4.04. The Kier molecular flexibility index (Phi) is 4.79. The van der Waals surface area contributed by atoms with E-state index < -0.39 is 0 Å². The van der Waals surface area contributed by atoms with Crippen LogP contribution in [0.15, 0.2) is 48.5 Å². The summed E-state index contributed by atoms with van der Waals surface area (Å²) in [5.41, 5.74) is 3.73. The van der Waals surface area contributed by atoms with E-state index in [0.717, 1.165) is 35.1 Å². The van der Waals surface area contributed by atoms with Gasteiger partial charge in [-0.3, -0.25) is 9.59 Å². The van der Waals surface area contributed by atoms with Crippen molar-refractivity contribution in [3.8, 4) is 0 Å². The Morgan fingerprint density at radius 2 is 1.46 bits per heavy atom. The standard InChI is InChI=1S/C21H23NO2/c1-15-12-16(2)14-19(13-15)21(24)22-10-8-18(9-11-22)20(23)17-6-4-3-5-7-17/h3-7,12-14,18H,8-11H2,1-2H3. The van der Waals surface area contributed by atoms with Crippen LogP contribution in [0.4, 0.5) is 0 Å². The molecular formula is C21H23NO2. The van der Waals surface area contributed by atoms with Crippen molar-refractivity contribution in [2.24, 2.45) is 5.92 Å². The topological polar surface area (TPSA) is 37.4 Å². The van der Waals surface area contributed by atoms with Crippen LogP contribution in [0.1, 0.15) is 44.7 Å². The summed E-state index contributed by atoms with van der Waals surface area (Å²) in [7, 11) is 0. The number of hydrogen-bond acceptors (Lipinski definition) is 2. The monoisotopic (exact) mass is 321 g/mol. The number of likely N-dealkylation sites (tertiary alicyclic amines) is 1. The van der Waals surface area contributed by atoms with Crippen LogP contribution in [-0.4, -0.2) is 29.7 Å². The minimum atomic E-state index is 0.0238. The SMILES string of the molecule is Cc1cc(C)cc(C(=O)N2CCC(C(=O)c3ccccc3)CC2)c1. The van der Waals surface area contributed by atoms with E-state index in [1.54, 1.807) is 0 Å². The third kappa shape index (κ3) is 3.56. The molecule has 1 saturated heterocycles. The molecule has 1 aliphatic rings. The van der Waals surface area contributed by atoms with Crippen molar-refractivity contribution >= 4 is 11.7 Å². The molecule has 1 aliphatic heterocycles. The van der Waals surface area contributed by atoms with E-state index in [9.17, 15) is 9.59 Å². The molecule has 0 atom stereocenters. The molecule has 0 saturated carbocycles. The fourth-order valence-corrected chi connectivity index (χ4v) is 3.46. The Labute approximate surface area is 143 Å². The fraction of sp³-hybridized carbons (Fsp3) is 0.333. The van der Waals surface area contributed by atoms with Crippen molar-refractivity contribution in [2.75, 3.05) is 13.1 Å². The zero-order chi connectivity index (χ0) is 17.1. The summed E-state index contributed by atoms with van der Waals surface area (Å²) < 4.78 is 0. The first-order valence-corrected chi connectivity index (χ1v) is 8.51. The Hall–Kier alpha value is -2.42. The van der Waals surface area contributed by atoms with Crippen LogP contribution < -0.4 is 0 Å². The number of carbonyl (C=O) groups excluding carboxylic acids is 2. The molecule has 0 radical (unpaired) electrons. The van der Waals surface area contributed by atoms with Crippen molar-refractivity contribution in [3.63, 3.8) is 0 Å². The molecule has 0 bridgehead atoms. The molecule has 1 fully saturated rings. The summed E-state index contributed by atoms with van der Waals surface area (Å²) in [5.74, 6) is 0.303. The Morgan fingerprint density at radius 1 is 0.875 bits per heavy atom. The number of hydrogen-bond donors (Lipinski definition) is 0. The highest BCUT2D eigenvalue weighted by molar-refractivity contribution is 5.98. The first kappa shape index (κ1) is 16.4. The number of nitrogens with zero attached hydrogens (tertiary/aromatic N) is 1. The molecule has 2 aromatic rings. The average molecular weight is 321 g/mol. The van der Waals surface area contributed by atoms with Gasteiger partial charge in [0.05, 0.1) is 0 Å². The molecule has 0 spiro atoms. The molecule has 0 unspecified atom stereocenters. The number of piperidine rings is 1. The maximum absolute atomic E-state index is 12.7. The summed E-state index contributed by atoms with van der Waals surface area (Å²) >= 11 is 0. The molecule has 1 amide bonds. The van der Waals surface area contributed by atoms with Gasteiger partial charge in [-0.15, -0.1) is 0 Å². The van der Waals surface area contributed by atoms with Crippen molar-refractivity contribution in [1.29, 1.82) is 0 Å². The van der Waals surface area contributed by atoms with Crippen LogP contribution in [-0.2, 0) is 0 Å². The third-order valence-corrected chi connectivity index (χ3v) is 4.68. The summed E-state index contributed by atoms with van der Waals surface area (Å²) in [5, 5.41) is 0. The lowest BCUT2D eigenvalue weighted by atomic mass is 9.88. The lowest BCUT2D eigenvalue weighted by molar-refractivity contribution is 0.0650. The van der Waals surface area contributed by atoms with Gasteiger partial charge in [-0.2, -0.15) is 0 Å². The number of benzene rings is 2. The van der Waals surface area contributed by atoms with E-state index in [1.807, 2.05) is 61.2 Å². The second kappa shape index (κ2) is 7.00. The summed E-state index contributed by atoms with van der Waals surface area (Å²) in [6, 6.07) is 15.4. The van der Waals surface area contributed by atoms with E-state index in [-0.39, 0.29) is 17.6 Å². The van der Waals surface area contributed by atoms with Crippen LogP contribution in [0.5, 0.6) is 0 Å². The van der Waals surface area contributed by atoms with E-state index in [2.05, 4.69) is 6.07 Å². The molecule has 24 heavy (non-hydrogen) atoms. The van der Waals surface area contributed by atoms with Gasteiger partial charge in [-0.05, 0) is 38.8 Å². The molecule has 3 rings (SSSR count). The Bertz CT molecular complexity index is 723. The van der Waals surface area contributed by atoms with Crippen LogP contribution in [0.25, 0.3) is 0 Å². The highest BCUT2D eigenvalue weighted by Gasteiger charge is 2.28. The molecule has 1 heterocycles. The number of Topliss-reactive ketones (excluding diaryl/α,β-unsaturated/α-hetero) is 1. The quantitative estimate of drug-likeness (QED) is 0.800. The molecule has 0 aliphatic carbocycles. The lowest BCUT2D eigenvalue weighted by Gasteiger charge is -2.31. The first-order chi connectivity index (χ1) is 11.5. The second-order valence-corrected chi connectivity index (χ2v) is 6.67. The van der Waals surface area contributed by atoms with E-state index >= 15 is 0 Å². The molecule has 124 valence electrons. The minimum absolute atomic E-state index is 0.0238. The number of carbonyl (C=O) groups is 2. The molecule has 0 N–H and O–H groups in total. The lowest BCUT2D eigenvalue weighted by Crippen LogP contribution is -2.40.